The maximum Gasteiger partial charge on any atom is 0.0355 e. The maximum absolute atomic E-state index is 8.14. The van der Waals surface area contributed by atoms with E-state index >= 15 is 0 Å². The molecule has 80 valence electrons. The van der Waals surface area contributed by atoms with Crippen molar-refractivity contribution in [2.24, 2.45) is 0 Å². The molecule has 1 heteroatoms. The fourth-order valence-corrected chi connectivity index (χ4v) is 3.55. The fraction of sp³-hybridized carbons (Fsp3) is 0.692. The minimum Gasteiger partial charge on any atom is -0.145 e. The second kappa shape index (κ2) is 3.69. The molecule has 1 aromatic rings. The molecule has 0 N–H and O–H groups in total. The summed E-state index contributed by atoms with van der Waals surface area (Å²) in [6.07, 6.45) is 0. The summed E-state index contributed by atoms with van der Waals surface area (Å²) in [5, 5.41) is 0. The van der Waals surface area contributed by atoms with E-state index in [-0.39, 0.29) is 5.41 Å². The second-order valence-electron chi connectivity index (χ2n) is 5.24. The van der Waals surface area contributed by atoms with Crippen molar-refractivity contribution in [3.8, 4) is 0 Å². The Morgan fingerprint density at radius 3 is 1.93 bits per heavy atom. The fourth-order valence-electron chi connectivity index (χ4n) is 2.23. The van der Waals surface area contributed by atoms with E-state index in [9.17, 15) is 0 Å². The van der Waals surface area contributed by atoms with E-state index in [4.69, 9.17) is 1.37 Å². The first-order valence-electron chi connectivity index (χ1n) is 5.66. The summed E-state index contributed by atoms with van der Waals surface area (Å²) < 4.78 is 8.14. The van der Waals surface area contributed by atoms with Crippen molar-refractivity contribution < 1.29 is 1.37 Å². The lowest BCUT2D eigenvalue weighted by atomic mass is 9.84. The van der Waals surface area contributed by atoms with Crippen LogP contribution in [-0.2, 0) is 5.41 Å². The van der Waals surface area contributed by atoms with E-state index in [1.807, 2.05) is 13.8 Å². The molecule has 0 aliphatic heterocycles. The van der Waals surface area contributed by atoms with Crippen LogP contribution in [0.1, 0.15) is 62.8 Å². The van der Waals surface area contributed by atoms with Gasteiger partial charge in [0, 0.05) is 11.1 Å². The number of aryl methyl sites for hydroxylation is 1. The Balaban J connectivity index is 3.41. The van der Waals surface area contributed by atoms with Crippen LogP contribution in [0.5, 0.6) is 0 Å². The van der Waals surface area contributed by atoms with Gasteiger partial charge < -0.3 is 0 Å². The summed E-state index contributed by atoms with van der Waals surface area (Å²) >= 11 is 1.79. The summed E-state index contributed by atoms with van der Waals surface area (Å²) in [4.78, 5) is 2.58. The lowest BCUT2D eigenvalue weighted by Gasteiger charge is -2.20. The number of rotatable bonds is 1. The average molecular weight is 211 g/mol. The highest BCUT2D eigenvalue weighted by atomic mass is 32.1. The van der Waals surface area contributed by atoms with Crippen LogP contribution in [0.2, 0.25) is 0 Å². The van der Waals surface area contributed by atoms with E-state index in [2.05, 4.69) is 34.6 Å². The van der Waals surface area contributed by atoms with Gasteiger partial charge >= 0.3 is 0 Å². The van der Waals surface area contributed by atoms with Crippen LogP contribution in [0.3, 0.4) is 0 Å². The van der Waals surface area contributed by atoms with Crippen molar-refractivity contribution in [2.75, 3.05) is 0 Å². The van der Waals surface area contributed by atoms with Gasteiger partial charge in [-0.05, 0) is 36.3 Å². The van der Waals surface area contributed by atoms with Crippen LogP contribution < -0.4 is 0 Å². The van der Waals surface area contributed by atoms with Gasteiger partial charge in [0.1, 0.15) is 0 Å². The molecule has 0 atom stereocenters. The molecule has 0 spiro atoms. The van der Waals surface area contributed by atoms with E-state index in [0.717, 1.165) is 0 Å². The Labute approximate surface area is 93.8 Å². The van der Waals surface area contributed by atoms with E-state index in [0.29, 0.717) is 0 Å². The molecule has 0 aromatic carbocycles. The molecular weight excluding hydrogens is 188 g/mol. The van der Waals surface area contributed by atoms with Gasteiger partial charge in [0.25, 0.3) is 0 Å². The predicted molar refractivity (Wildman–Crippen MR) is 66.6 cm³/mol. The largest absolute Gasteiger partial charge is 0.145 e. The summed E-state index contributed by atoms with van der Waals surface area (Å²) in [7, 11) is 0. The maximum atomic E-state index is 8.14. The zero-order valence-corrected chi connectivity index (χ0v) is 11.2. The minimum atomic E-state index is -0.469. The smallest absolute Gasteiger partial charge is 0.0355 e. The molecule has 1 rings (SSSR count). The molecule has 0 saturated carbocycles. The molecule has 0 fully saturated rings. The molecule has 0 saturated heterocycles. The normalized spacial score (nSPS) is 14.4. The average Bonchev–Trinajstić information content (AvgIpc) is 2.22. The van der Waals surface area contributed by atoms with Crippen LogP contribution in [0.25, 0.3) is 0 Å². The lowest BCUT2D eigenvalue weighted by molar-refractivity contribution is 0.584. The van der Waals surface area contributed by atoms with Gasteiger partial charge in [-0.3, -0.25) is 0 Å². The molecular formula is C13H22S. The van der Waals surface area contributed by atoms with Crippen molar-refractivity contribution >= 4 is 11.3 Å². The first-order chi connectivity index (χ1) is 6.55. The molecule has 0 aliphatic carbocycles. The number of hydrogen-bond donors (Lipinski definition) is 0. The molecule has 14 heavy (non-hydrogen) atoms. The van der Waals surface area contributed by atoms with E-state index in [1.54, 1.807) is 11.3 Å². The predicted octanol–water partition coefficient (Wildman–Crippen LogP) is 4.79. The van der Waals surface area contributed by atoms with Crippen LogP contribution in [0.15, 0.2) is 0 Å². The summed E-state index contributed by atoms with van der Waals surface area (Å²) in [6.45, 7) is 15.0. The highest BCUT2D eigenvalue weighted by Gasteiger charge is 2.23. The topological polar surface area (TPSA) is 0 Å². The molecule has 0 amide bonds. The summed E-state index contributed by atoms with van der Waals surface area (Å²) in [5.74, 6) is -0.469. The van der Waals surface area contributed by atoms with Gasteiger partial charge in [-0.2, -0.15) is 0 Å². The third kappa shape index (κ3) is 2.03. The number of thiophene rings is 1. The van der Waals surface area contributed by atoms with Gasteiger partial charge in [-0.25, -0.2) is 0 Å². The minimum absolute atomic E-state index is 0.189. The van der Waals surface area contributed by atoms with Gasteiger partial charge in [0.2, 0.25) is 0 Å². The summed E-state index contributed by atoms with van der Waals surface area (Å²) in [6, 6.07) is 0. The van der Waals surface area contributed by atoms with Crippen molar-refractivity contribution in [2.45, 2.75) is 59.8 Å². The zero-order valence-electron chi connectivity index (χ0n) is 11.4. The van der Waals surface area contributed by atoms with Crippen molar-refractivity contribution in [3.63, 3.8) is 0 Å². The van der Waals surface area contributed by atoms with Crippen LogP contribution in [0.4, 0.5) is 0 Å². The first kappa shape index (κ1) is 10.2. The van der Waals surface area contributed by atoms with Gasteiger partial charge in [0.05, 0.1) is 0 Å². The van der Waals surface area contributed by atoms with E-state index < -0.39 is 5.89 Å². The molecule has 0 radical (unpaired) electrons. The Hall–Kier alpha value is -0.300. The van der Waals surface area contributed by atoms with Gasteiger partial charge in [-0.15, -0.1) is 11.3 Å². The molecule has 0 aliphatic rings. The SMILES string of the molecule is [2H]C(C)(C)c1sc(C)c(C(C)(C)C)c1C. The van der Waals surface area contributed by atoms with Crippen LogP contribution >= 0.6 is 11.3 Å². The highest BCUT2D eigenvalue weighted by Crippen LogP contribution is 2.39. The van der Waals surface area contributed by atoms with Crippen LogP contribution in [0, 0.1) is 13.8 Å². The molecule has 0 bridgehead atoms. The zero-order chi connectivity index (χ0) is 12.0. The van der Waals surface area contributed by atoms with Crippen molar-refractivity contribution in [1.82, 2.24) is 0 Å². The summed E-state index contributed by atoms with van der Waals surface area (Å²) in [5.41, 5.74) is 2.95. The quantitative estimate of drug-likeness (QED) is 0.627. The monoisotopic (exact) mass is 211 g/mol. The van der Waals surface area contributed by atoms with Gasteiger partial charge in [0.15, 0.2) is 0 Å². The lowest BCUT2D eigenvalue weighted by Crippen LogP contribution is -2.13. The third-order valence-electron chi connectivity index (χ3n) is 2.53. The molecule has 1 aromatic heterocycles. The molecule has 0 nitrogen and oxygen atoms in total. The third-order valence-corrected chi connectivity index (χ3v) is 3.96. The second-order valence-corrected chi connectivity index (χ2v) is 6.46. The Morgan fingerprint density at radius 2 is 1.71 bits per heavy atom. The van der Waals surface area contributed by atoms with E-state index in [1.165, 1.54) is 20.9 Å². The number of hydrogen-bond acceptors (Lipinski definition) is 1. The highest BCUT2D eigenvalue weighted by molar-refractivity contribution is 7.12. The first-order valence-corrected chi connectivity index (χ1v) is 5.97. The van der Waals surface area contributed by atoms with Gasteiger partial charge in [-0.1, -0.05) is 34.6 Å². The van der Waals surface area contributed by atoms with Crippen molar-refractivity contribution in [3.05, 3.63) is 20.9 Å². The Kier molecular flexibility index (Phi) is 2.70. The molecule has 0 unspecified atom stereocenters. The molecule has 1 heterocycles. The van der Waals surface area contributed by atoms with Crippen LogP contribution in [-0.4, -0.2) is 0 Å². The standard InChI is InChI=1S/C13H22S/c1-8(2)12-9(3)11(10(4)14-12)13(5,6)7/h8H,1-7H3/i8D. The Morgan fingerprint density at radius 1 is 1.21 bits per heavy atom. The van der Waals surface area contributed by atoms with Crippen molar-refractivity contribution in [1.29, 1.82) is 0 Å². The Bertz CT molecular complexity index is 361.